The van der Waals surface area contributed by atoms with Crippen molar-refractivity contribution in [2.45, 2.75) is 25.1 Å². The third-order valence-electron chi connectivity index (χ3n) is 2.35. The fraction of sp³-hybridized carbons (Fsp3) is 1.00. The zero-order valence-corrected chi connectivity index (χ0v) is 8.46. The Hall–Kier alpha value is -0.330. The van der Waals surface area contributed by atoms with E-state index in [1.54, 1.807) is 0 Å². The van der Waals surface area contributed by atoms with Gasteiger partial charge < -0.3 is 9.84 Å². The van der Waals surface area contributed by atoms with Crippen molar-refractivity contribution in [3.05, 3.63) is 0 Å². The van der Waals surface area contributed by atoms with Gasteiger partial charge in [0.1, 0.15) is 0 Å². The molecule has 3 nitrogen and oxygen atoms in total. The summed E-state index contributed by atoms with van der Waals surface area (Å²) < 4.78 is 40.7. The molecule has 0 saturated carbocycles. The smallest absolute Gasteiger partial charge is 0.391 e. The number of morpholine rings is 1. The lowest BCUT2D eigenvalue weighted by atomic mass is 10.1. The maximum atomic E-state index is 11.9. The van der Waals surface area contributed by atoms with Gasteiger partial charge in [-0.1, -0.05) is 0 Å². The molecule has 1 unspecified atom stereocenters. The number of rotatable bonds is 4. The zero-order chi connectivity index (χ0) is 11.3. The highest BCUT2D eigenvalue weighted by Gasteiger charge is 2.31. The molecular weight excluding hydrogens is 211 g/mol. The molecular formula is C9H16F3NO2. The lowest BCUT2D eigenvalue weighted by Gasteiger charge is -2.27. The van der Waals surface area contributed by atoms with Crippen LogP contribution in [-0.2, 0) is 4.74 Å². The van der Waals surface area contributed by atoms with Crippen LogP contribution in [0.1, 0.15) is 12.8 Å². The van der Waals surface area contributed by atoms with E-state index in [9.17, 15) is 13.2 Å². The van der Waals surface area contributed by atoms with Crippen LogP contribution in [0.15, 0.2) is 0 Å². The minimum Gasteiger partial charge on any atom is -0.393 e. The fourth-order valence-electron chi connectivity index (χ4n) is 1.53. The maximum absolute atomic E-state index is 11.9. The summed E-state index contributed by atoms with van der Waals surface area (Å²) in [6.07, 6.45) is -6.51. The van der Waals surface area contributed by atoms with E-state index in [1.807, 2.05) is 4.90 Å². The second-order valence-corrected chi connectivity index (χ2v) is 3.72. The molecule has 6 heteroatoms. The topological polar surface area (TPSA) is 32.7 Å². The van der Waals surface area contributed by atoms with Crippen molar-refractivity contribution in [2.75, 3.05) is 32.8 Å². The number of aliphatic hydroxyl groups is 1. The van der Waals surface area contributed by atoms with Crippen LogP contribution in [0.25, 0.3) is 0 Å². The van der Waals surface area contributed by atoms with Crippen LogP contribution >= 0.6 is 0 Å². The number of hydrogen-bond donors (Lipinski definition) is 1. The second kappa shape index (κ2) is 5.67. The molecule has 0 amide bonds. The molecule has 0 aromatic carbocycles. The lowest BCUT2D eigenvalue weighted by molar-refractivity contribution is -0.154. The molecule has 1 saturated heterocycles. The molecule has 1 atom stereocenters. The van der Waals surface area contributed by atoms with Crippen molar-refractivity contribution >= 4 is 0 Å². The largest absolute Gasteiger partial charge is 0.393 e. The van der Waals surface area contributed by atoms with Gasteiger partial charge in [-0.2, -0.15) is 13.2 Å². The summed E-state index contributed by atoms with van der Waals surface area (Å²) in [5.41, 5.74) is 0. The Labute approximate surface area is 86.8 Å². The van der Waals surface area contributed by atoms with E-state index < -0.39 is 18.7 Å². The number of aliphatic hydroxyl groups excluding tert-OH is 1. The van der Waals surface area contributed by atoms with Crippen molar-refractivity contribution in [1.82, 2.24) is 4.90 Å². The third kappa shape index (κ3) is 5.96. The normalized spacial score (nSPS) is 21.6. The van der Waals surface area contributed by atoms with E-state index >= 15 is 0 Å². The first kappa shape index (κ1) is 12.7. The summed E-state index contributed by atoms with van der Waals surface area (Å²) in [6.45, 7) is 3.21. The molecule has 0 aromatic rings. The molecule has 90 valence electrons. The van der Waals surface area contributed by atoms with Crippen molar-refractivity contribution in [3.8, 4) is 0 Å². The number of ether oxygens (including phenoxy) is 1. The average molecular weight is 227 g/mol. The summed E-state index contributed by atoms with van der Waals surface area (Å²) in [6, 6.07) is 0. The zero-order valence-electron chi connectivity index (χ0n) is 8.46. The van der Waals surface area contributed by atoms with E-state index in [-0.39, 0.29) is 6.42 Å². The molecule has 0 spiro atoms. The second-order valence-electron chi connectivity index (χ2n) is 3.72. The minimum absolute atomic E-state index is 0.166. The molecule has 1 fully saturated rings. The Kier molecular flexibility index (Phi) is 4.82. The van der Waals surface area contributed by atoms with E-state index in [0.717, 1.165) is 13.1 Å². The van der Waals surface area contributed by atoms with Gasteiger partial charge in [-0.3, -0.25) is 4.90 Å². The number of nitrogens with zero attached hydrogens (tertiary/aromatic N) is 1. The van der Waals surface area contributed by atoms with Gasteiger partial charge in [-0.25, -0.2) is 0 Å². The van der Waals surface area contributed by atoms with E-state index in [0.29, 0.717) is 19.8 Å². The Morgan fingerprint density at radius 3 is 2.40 bits per heavy atom. The van der Waals surface area contributed by atoms with Crippen LogP contribution in [0.5, 0.6) is 0 Å². The van der Waals surface area contributed by atoms with Crippen molar-refractivity contribution in [2.24, 2.45) is 0 Å². The first-order valence-electron chi connectivity index (χ1n) is 5.02. The fourth-order valence-corrected chi connectivity index (χ4v) is 1.53. The number of hydrogen-bond acceptors (Lipinski definition) is 3. The van der Waals surface area contributed by atoms with Gasteiger partial charge in [0, 0.05) is 19.6 Å². The molecule has 1 rings (SSSR count). The third-order valence-corrected chi connectivity index (χ3v) is 2.35. The van der Waals surface area contributed by atoms with Gasteiger partial charge in [0.25, 0.3) is 0 Å². The predicted molar refractivity (Wildman–Crippen MR) is 48.6 cm³/mol. The summed E-state index contributed by atoms with van der Waals surface area (Å²) in [5.74, 6) is 0. The van der Waals surface area contributed by atoms with Gasteiger partial charge >= 0.3 is 6.18 Å². The van der Waals surface area contributed by atoms with Crippen molar-refractivity contribution < 1.29 is 23.0 Å². The van der Waals surface area contributed by atoms with Gasteiger partial charge in [0.05, 0.1) is 25.7 Å². The molecule has 1 N–H and O–H groups in total. The first-order chi connectivity index (χ1) is 6.97. The monoisotopic (exact) mass is 227 g/mol. The summed E-state index contributed by atoms with van der Waals surface area (Å²) >= 11 is 0. The Bertz CT molecular complexity index is 181. The number of alkyl halides is 3. The molecule has 15 heavy (non-hydrogen) atoms. The Morgan fingerprint density at radius 2 is 1.87 bits per heavy atom. The number of halogens is 3. The summed E-state index contributed by atoms with van der Waals surface area (Å²) in [5, 5.41) is 9.14. The summed E-state index contributed by atoms with van der Waals surface area (Å²) in [7, 11) is 0. The highest BCUT2D eigenvalue weighted by atomic mass is 19.4. The molecule has 0 aromatic heterocycles. The summed E-state index contributed by atoms with van der Waals surface area (Å²) in [4.78, 5) is 2.00. The standard InChI is InChI=1S/C9H16F3NO2/c10-9(11,12)7-8(14)1-2-13-3-5-15-6-4-13/h8,14H,1-7H2. The van der Waals surface area contributed by atoms with Crippen LogP contribution in [0.4, 0.5) is 13.2 Å². The highest BCUT2D eigenvalue weighted by Crippen LogP contribution is 2.22. The maximum Gasteiger partial charge on any atom is 0.391 e. The van der Waals surface area contributed by atoms with Crippen LogP contribution < -0.4 is 0 Å². The quantitative estimate of drug-likeness (QED) is 0.778. The van der Waals surface area contributed by atoms with E-state index in [2.05, 4.69) is 0 Å². The van der Waals surface area contributed by atoms with Gasteiger partial charge in [-0.05, 0) is 6.42 Å². The molecule has 1 aliphatic rings. The Balaban J connectivity index is 2.12. The van der Waals surface area contributed by atoms with Crippen molar-refractivity contribution in [3.63, 3.8) is 0 Å². The highest BCUT2D eigenvalue weighted by molar-refractivity contribution is 4.67. The van der Waals surface area contributed by atoms with Gasteiger partial charge in [0.15, 0.2) is 0 Å². The molecule has 0 bridgehead atoms. The van der Waals surface area contributed by atoms with E-state index in [4.69, 9.17) is 9.84 Å². The van der Waals surface area contributed by atoms with Gasteiger partial charge in [0.2, 0.25) is 0 Å². The van der Waals surface area contributed by atoms with Crippen molar-refractivity contribution in [1.29, 1.82) is 0 Å². The van der Waals surface area contributed by atoms with Crippen LogP contribution in [0.2, 0.25) is 0 Å². The molecule has 0 radical (unpaired) electrons. The Morgan fingerprint density at radius 1 is 1.27 bits per heavy atom. The lowest BCUT2D eigenvalue weighted by Crippen LogP contribution is -2.38. The van der Waals surface area contributed by atoms with Crippen LogP contribution in [-0.4, -0.2) is 55.1 Å². The SMILES string of the molecule is OC(CCN1CCOCC1)CC(F)(F)F. The van der Waals surface area contributed by atoms with Crippen LogP contribution in [0.3, 0.4) is 0 Å². The first-order valence-corrected chi connectivity index (χ1v) is 5.02. The predicted octanol–water partition coefficient (Wildman–Crippen LogP) is 1.02. The molecule has 1 aliphatic heterocycles. The molecule has 1 heterocycles. The van der Waals surface area contributed by atoms with Crippen LogP contribution in [0, 0.1) is 0 Å². The molecule has 0 aliphatic carbocycles. The average Bonchev–Trinajstić information content (AvgIpc) is 2.14. The van der Waals surface area contributed by atoms with Gasteiger partial charge in [-0.15, -0.1) is 0 Å². The minimum atomic E-state index is -4.27. The van der Waals surface area contributed by atoms with E-state index in [1.165, 1.54) is 0 Å².